The van der Waals surface area contributed by atoms with Crippen LogP contribution >= 0.6 is 11.3 Å². The Hall–Kier alpha value is -2.75. The molecule has 0 spiro atoms. The van der Waals surface area contributed by atoms with Gasteiger partial charge in [0.05, 0.1) is 16.3 Å². The van der Waals surface area contributed by atoms with Crippen molar-refractivity contribution in [3.63, 3.8) is 0 Å². The normalized spacial score (nSPS) is 12.3. The number of pyridine rings is 1. The molecular formula is C21H27N5O3S. The minimum absolute atomic E-state index is 0.175. The standard InChI is InChI=1S/C21H27N5O3S/c1-5-22-20(29)25-21-24-17-9-15(13-6-7-14(23-10-13)8-12(2)27)18(28)16(11-26(3)4)19(17)30-21/h6-7,9-10,12,27-28H,5,8,11H2,1-4H3,(H2,22,24,25,29). The molecule has 0 saturated carbocycles. The maximum atomic E-state index is 11.9. The first-order chi connectivity index (χ1) is 14.3. The number of aliphatic hydroxyl groups excluding tert-OH is 1. The fourth-order valence-electron chi connectivity index (χ4n) is 3.17. The summed E-state index contributed by atoms with van der Waals surface area (Å²) in [5.41, 5.74) is 3.62. The largest absolute Gasteiger partial charge is 0.507 e. The van der Waals surface area contributed by atoms with Crippen molar-refractivity contribution in [2.45, 2.75) is 32.9 Å². The van der Waals surface area contributed by atoms with Crippen LogP contribution in [0.2, 0.25) is 0 Å². The summed E-state index contributed by atoms with van der Waals surface area (Å²) >= 11 is 1.33. The molecular weight excluding hydrogens is 402 g/mol. The van der Waals surface area contributed by atoms with Crippen molar-refractivity contribution in [2.75, 3.05) is 26.0 Å². The van der Waals surface area contributed by atoms with E-state index in [1.807, 2.05) is 44.1 Å². The van der Waals surface area contributed by atoms with Crippen LogP contribution < -0.4 is 10.6 Å². The number of fused-ring (bicyclic) bond motifs is 1. The van der Waals surface area contributed by atoms with Crippen LogP contribution in [0.5, 0.6) is 5.75 Å². The van der Waals surface area contributed by atoms with Gasteiger partial charge in [-0.3, -0.25) is 10.3 Å². The van der Waals surface area contributed by atoms with Gasteiger partial charge in [0.25, 0.3) is 0 Å². The van der Waals surface area contributed by atoms with Gasteiger partial charge in [-0.2, -0.15) is 0 Å². The molecule has 2 amide bonds. The molecule has 1 aromatic carbocycles. The van der Waals surface area contributed by atoms with Crippen LogP contribution in [0.15, 0.2) is 24.4 Å². The van der Waals surface area contributed by atoms with E-state index in [1.54, 1.807) is 13.1 Å². The zero-order valence-corrected chi connectivity index (χ0v) is 18.4. The van der Waals surface area contributed by atoms with Gasteiger partial charge >= 0.3 is 6.03 Å². The summed E-state index contributed by atoms with van der Waals surface area (Å²) in [6, 6.07) is 5.23. The third-order valence-electron chi connectivity index (χ3n) is 4.42. The third-order valence-corrected chi connectivity index (χ3v) is 5.47. The highest BCUT2D eigenvalue weighted by molar-refractivity contribution is 7.22. The molecule has 2 heterocycles. The number of nitrogens with zero attached hydrogens (tertiary/aromatic N) is 3. The number of benzene rings is 1. The summed E-state index contributed by atoms with van der Waals surface area (Å²) in [5.74, 6) is 0.175. The molecule has 1 atom stereocenters. The van der Waals surface area contributed by atoms with Crippen molar-refractivity contribution in [1.29, 1.82) is 0 Å². The fraction of sp³-hybridized carbons (Fsp3) is 0.381. The number of hydrogen-bond acceptors (Lipinski definition) is 7. The first kappa shape index (κ1) is 21.9. The SMILES string of the molecule is CCNC(=O)Nc1nc2cc(-c3ccc(CC(C)O)nc3)c(O)c(CN(C)C)c2s1. The molecule has 3 rings (SSSR count). The van der Waals surface area contributed by atoms with Crippen molar-refractivity contribution in [3.8, 4) is 16.9 Å². The maximum absolute atomic E-state index is 11.9. The number of nitrogens with one attached hydrogen (secondary N) is 2. The molecule has 160 valence electrons. The number of rotatable bonds is 7. The second-order valence-corrected chi connectivity index (χ2v) is 8.43. The van der Waals surface area contributed by atoms with Gasteiger partial charge in [0, 0.05) is 48.1 Å². The van der Waals surface area contributed by atoms with Crippen LogP contribution in [0, 0.1) is 0 Å². The van der Waals surface area contributed by atoms with E-state index in [4.69, 9.17) is 0 Å². The molecule has 0 radical (unpaired) electrons. The molecule has 2 aromatic heterocycles. The predicted octanol–water partition coefficient (Wildman–Crippen LogP) is 3.19. The monoisotopic (exact) mass is 429 g/mol. The van der Waals surface area contributed by atoms with E-state index in [0.717, 1.165) is 21.5 Å². The van der Waals surface area contributed by atoms with Crippen molar-refractivity contribution in [2.24, 2.45) is 0 Å². The van der Waals surface area contributed by atoms with Crippen LogP contribution in [0.25, 0.3) is 21.3 Å². The molecule has 0 bridgehead atoms. The lowest BCUT2D eigenvalue weighted by molar-refractivity contribution is 0.194. The Kier molecular flexibility index (Phi) is 6.86. The van der Waals surface area contributed by atoms with Gasteiger partial charge < -0.3 is 20.4 Å². The van der Waals surface area contributed by atoms with Gasteiger partial charge in [-0.1, -0.05) is 17.4 Å². The Morgan fingerprint density at radius 2 is 2.10 bits per heavy atom. The van der Waals surface area contributed by atoms with Crippen molar-refractivity contribution in [3.05, 3.63) is 35.7 Å². The fourth-order valence-corrected chi connectivity index (χ4v) is 4.14. The van der Waals surface area contributed by atoms with Crippen LogP contribution in [-0.2, 0) is 13.0 Å². The van der Waals surface area contributed by atoms with Gasteiger partial charge in [-0.15, -0.1) is 0 Å². The average molecular weight is 430 g/mol. The number of carbonyl (C=O) groups is 1. The van der Waals surface area contributed by atoms with Crippen molar-refractivity contribution < 1.29 is 15.0 Å². The number of aliphatic hydroxyl groups is 1. The third kappa shape index (κ3) is 5.05. The summed E-state index contributed by atoms with van der Waals surface area (Å²) in [4.78, 5) is 22.8. The molecule has 1 unspecified atom stereocenters. The molecule has 9 heteroatoms. The number of aromatic nitrogens is 2. The van der Waals surface area contributed by atoms with E-state index in [9.17, 15) is 15.0 Å². The van der Waals surface area contributed by atoms with Crippen LogP contribution in [-0.4, -0.2) is 57.9 Å². The average Bonchev–Trinajstić information content (AvgIpc) is 3.06. The highest BCUT2D eigenvalue weighted by Gasteiger charge is 2.19. The van der Waals surface area contributed by atoms with E-state index in [0.29, 0.717) is 35.7 Å². The summed E-state index contributed by atoms with van der Waals surface area (Å²) in [6.07, 6.45) is 1.70. The van der Waals surface area contributed by atoms with Crippen molar-refractivity contribution >= 4 is 32.7 Å². The van der Waals surface area contributed by atoms with Crippen LogP contribution in [0.3, 0.4) is 0 Å². The molecule has 3 aromatic rings. The number of aromatic hydroxyl groups is 1. The first-order valence-electron chi connectivity index (χ1n) is 9.76. The molecule has 0 saturated heterocycles. The molecule has 30 heavy (non-hydrogen) atoms. The summed E-state index contributed by atoms with van der Waals surface area (Å²) in [5, 5.41) is 26.5. The lowest BCUT2D eigenvalue weighted by Gasteiger charge is -2.15. The van der Waals surface area contributed by atoms with E-state index < -0.39 is 6.10 Å². The number of urea groups is 1. The predicted molar refractivity (Wildman–Crippen MR) is 120 cm³/mol. The molecule has 0 aliphatic heterocycles. The number of carbonyl (C=O) groups excluding carboxylic acids is 1. The number of amides is 2. The van der Waals surface area contributed by atoms with E-state index >= 15 is 0 Å². The molecule has 8 nitrogen and oxygen atoms in total. The second-order valence-electron chi connectivity index (χ2n) is 7.43. The van der Waals surface area contributed by atoms with E-state index in [-0.39, 0.29) is 11.8 Å². The number of phenols is 1. The Balaban J connectivity index is 2.06. The highest BCUT2D eigenvalue weighted by atomic mass is 32.1. The van der Waals surface area contributed by atoms with E-state index in [1.165, 1.54) is 11.3 Å². The minimum atomic E-state index is -0.467. The number of anilines is 1. The maximum Gasteiger partial charge on any atom is 0.321 e. The second kappa shape index (κ2) is 9.38. The van der Waals surface area contributed by atoms with E-state index in [2.05, 4.69) is 20.6 Å². The van der Waals surface area contributed by atoms with Gasteiger partial charge in [0.2, 0.25) is 0 Å². The molecule has 0 aliphatic carbocycles. The number of thiazole rings is 1. The van der Waals surface area contributed by atoms with Crippen LogP contribution in [0.4, 0.5) is 9.93 Å². The lowest BCUT2D eigenvalue weighted by Crippen LogP contribution is -2.28. The Labute approximate surface area is 179 Å². The summed E-state index contributed by atoms with van der Waals surface area (Å²) < 4.78 is 0.829. The molecule has 0 aliphatic rings. The Bertz CT molecular complexity index is 1030. The van der Waals surface area contributed by atoms with Gasteiger partial charge in [0.1, 0.15) is 5.75 Å². The minimum Gasteiger partial charge on any atom is -0.507 e. The van der Waals surface area contributed by atoms with Crippen molar-refractivity contribution in [1.82, 2.24) is 20.2 Å². The molecule has 0 fully saturated rings. The van der Waals surface area contributed by atoms with Crippen LogP contribution in [0.1, 0.15) is 25.1 Å². The molecule has 4 N–H and O–H groups in total. The summed E-state index contributed by atoms with van der Waals surface area (Å²) in [6.45, 7) is 4.60. The topological polar surface area (TPSA) is 111 Å². The number of hydrogen-bond donors (Lipinski definition) is 4. The zero-order valence-electron chi connectivity index (χ0n) is 17.6. The van der Waals surface area contributed by atoms with Gasteiger partial charge in [-0.05, 0) is 40.1 Å². The summed E-state index contributed by atoms with van der Waals surface area (Å²) in [7, 11) is 3.86. The lowest BCUT2D eigenvalue weighted by atomic mass is 10.0. The first-order valence-corrected chi connectivity index (χ1v) is 10.6. The highest BCUT2D eigenvalue weighted by Crippen LogP contribution is 2.41. The van der Waals surface area contributed by atoms with Gasteiger partial charge in [0.15, 0.2) is 5.13 Å². The Morgan fingerprint density at radius 1 is 1.33 bits per heavy atom. The quantitative estimate of drug-likeness (QED) is 0.459. The number of phenolic OH excluding ortho intramolecular Hbond substituents is 1. The van der Waals surface area contributed by atoms with Gasteiger partial charge in [-0.25, -0.2) is 9.78 Å². The zero-order chi connectivity index (χ0) is 21.8. The smallest absolute Gasteiger partial charge is 0.321 e. The Morgan fingerprint density at radius 3 is 2.70 bits per heavy atom.